The van der Waals surface area contributed by atoms with Crippen molar-refractivity contribution in [2.45, 2.75) is 13.0 Å². The molecule has 11 heteroatoms. The fourth-order valence-corrected chi connectivity index (χ4v) is 1.90. The predicted octanol–water partition coefficient (Wildman–Crippen LogP) is 2.98. The summed E-state index contributed by atoms with van der Waals surface area (Å²) in [6.07, 6.45) is -0.0501. The summed E-state index contributed by atoms with van der Waals surface area (Å²) in [6, 6.07) is 3.91. The van der Waals surface area contributed by atoms with Crippen molar-refractivity contribution in [3.8, 4) is 23.1 Å². The molecule has 2 heterocycles. The molecule has 0 bridgehead atoms. The van der Waals surface area contributed by atoms with E-state index < -0.39 is 18.8 Å². The van der Waals surface area contributed by atoms with E-state index in [9.17, 15) is 13.2 Å². The van der Waals surface area contributed by atoms with Gasteiger partial charge in [-0.1, -0.05) is 17.7 Å². The summed E-state index contributed by atoms with van der Waals surface area (Å²) in [5.74, 6) is -0.898. The van der Waals surface area contributed by atoms with Gasteiger partial charge >= 0.3 is 6.01 Å². The van der Waals surface area contributed by atoms with Crippen LogP contribution < -0.4 is 4.74 Å². The third-order valence-electron chi connectivity index (χ3n) is 2.75. The Morgan fingerprint density at radius 1 is 1.21 bits per heavy atom. The highest BCUT2D eigenvalue weighted by Gasteiger charge is 2.19. The molecule has 0 atom stereocenters. The van der Waals surface area contributed by atoms with Crippen LogP contribution in [0.2, 0.25) is 5.02 Å². The Labute approximate surface area is 138 Å². The Hall–Kier alpha value is -2.75. The number of ether oxygens (including phenoxy) is 1. The molecule has 3 aromatic rings. The maximum atomic E-state index is 14.2. The number of hydrogen-bond donors (Lipinski definition) is 0. The van der Waals surface area contributed by atoms with Crippen LogP contribution in [0.15, 0.2) is 30.6 Å². The molecule has 24 heavy (non-hydrogen) atoms. The van der Waals surface area contributed by atoms with Gasteiger partial charge in [-0.25, -0.2) is 23.1 Å². The number of benzene rings is 1. The smallest absolute Gasteiger partial charge is 0.321 e. The number of halogens is 4. The molecule has 0 amide bonds. The highest BCUT2D eigenvalue weighted by Crippen LogP contribution is 2.32. The summed E-state index contributed by atoms with van der Waals surface area (Å²) in [5.41, 5.74) is -0.142. The van der Waals surface area contributed by atoms with E-state index in [-0.39, 0.29) is 23.1 Å². The quantitative estimate of drug-likeness (QED) is 0.699. The van der Waals surface area contributed by atoms with E-state index >= 15 is 0 Å². The van der Waals surface area contributed by atoms with Gasteiger partial charge in [-0.3, -0.25) is 0 Å². The lowest BCUT2D eigenvalue weighted by molar-refractivity contribution is 0.115. The molecule has 0 radical (unpaired) electrons. The summed E-state index contributed by atoms with van der Waals surface area (Å²) in [7, 11) is 0. The molecule has 0 saturated carbocycles. The molecule has 124 valence electrons. The number of rotatable bonds is 5. The SMILES string of the molecule is Fc1cccc(Oc2ncc(Cl)cn2)c1-c1nnn(CC(F)F)n1. The van der Waals surface area contributed by atoms with Gasteiger partial charge < -0.3 is 4.74 Å². The molecule has 7 nitrogen and oxygen atoms in total. The highest BCUT2D eigenvalue weighted by atomic mass is 35.5. The summed E-state index contributed by atoms with van der Waals surface area (Å²) >= 11 is 5.68. The first-order valence-corrected chi connectivity index (χ1v) is 6.91. The lowest BCUT2D eigenvalue weighted by Crippen LogP contribution is -2.09. The zero-order valence-electron chi connectivity index (χ0n) is 11.8. The molecule has 0 aliphatic carbocycles. The Bertz CT molecular complexity index is 842. The maximum absolute atomic E-state index is 14.2. The van der Waals surface area contributed by atoms with E-state index in [2.05, 4.69) is 25.4 Å². The fourth-order valence-electron chi connectivity index (χ4n) is 1.80. The Morgan fingerprint density at radius 2 is 1.96 bits per heavy atom. The molecule has 0 fully saturated rings. The third kappa shape index (κ3) is 3.59. The molecule has 3 rings (SSSR count). The lowest BCUT2D eigenvalue weighted by Gasteiger charge is -2.08. The predicted molar refractivity (Wildman–Crippen MR) is 76.3 cm³/mol. The van der Waals surface area contributed by atoms with Crippen molar-refractivity contribution in [3.05, 3.63) is 41.4 Å². The van der Waals surface area contributed by atoms with Crippen LogP contribution in [-0.4, -0.2) is 36.6 Å². The lowest BCUT2D eigenvalue weighted by atomic mass is 10.2. The first-order valence-electron chi connectivity index (χ1n) is 6.53. The van der Waals surface area contributed by atoms with E-state index in [1.165, 1.54) is 24.5 Å². The van der Waals surface area contributed by atoms with Crippen LogP contribution in [0.25, 0.3) is 11.4 Å². The standard InChI is InChI=1S/C13H8ClF3N6O/c14-7-4-18-13(19-5-7)24-9-3-1-2-8(15)11(9)12-20-22-23(21-12)6-10(16)17/h1-5,10H,6H2. The van der Waals surface area contributed by atoms with E-state index in [1.807, 2.05) is 0 Å². The largest absolute Gasteiger partial charge is 0.423 e. The molecule has 0 saturated heterocycles. The van der Waals surface area contributed by atoms with Crippen LogP contribution in [0.5, 0.6) is 11.8 Å². The first-order chi connectivity index (χ1) is 11.5. The van der Waals surface area contributed by atoms with Gasteiger partial charge in [-0.15, -0.1) is 10.2 Å². The Morgan fingerprint density at radius 3 is 2.67 bits per heavy atom. The second-order valence-corrected chi connectivity index (χ2v) is 4.89. The van der Waals surface area contributed by atoms with E-state index in [0.717, 1.165) is 6.07 Å². The van der Waals surface area contributed by atoms with Crippen molar-refractivity contribution >= 4 is 11.6 Å². The number of nitrogens with zero attached hydrogens (tertiary/aromatic N) is 6. The number of tetrazole rings is 1. The van der Waals surface area contributed by atoms with Crippen LogP contribution in [0.4, 0.5) is 13.2 Å². The molecule has 0 aliphatic heterocycles. The van der Waals surface area contributed by atoms with Gasteiger partial charge in [0.25, 0.3) is 6.43 Å². The fraction of sp³-hybridized carbons (Fsp3) is 0.154. The van der Waals surface area contributed by atoms with Crippen LogP contribution in [-0.2, 0) is 6.54 Å². The number of alkyl halides is 2. The summed E-state index contributed by atoms with van der Waals surface area (Å²) in [5, 5.41) is 11.1. The van der Waals surface area contributed by atoms with Gasteiger partial charge in [0.15, 0.2) is 0 Å². The van der Waals surface area contributed by atoms with E-state index in [4.69, 9.17) is 16.3 Å². The molecule has 0 aliphatic rings. The van der Waals surface area contributed by atoms with Crippen molar-refractivity contribution < 1.29 is 17.9 Å². The zero-order chi connectivity index (χ0) is 17.1. The molecular weight excluding hydrogens is 349 g/mol. The Kier molecular flexibility index (Phi) is 4.56. The van der Waals surface area contributed by atoms with Crippen LogP contribution in [0.3, 0.4) is 0 Å². The van der Waals surface area contributed by atoms with Crippen molar-refractivity contribution in [1.82, 2.24) is 30.2 Å². The second-order valence-electron chi connectivity index (χ2n) is 4.46. The van der Waals surface area contributed by atoms with E-state index in [1.54, 1.807) is 0 Å². The van der Waals surface area contributed by atoms with Crippen LogP contribution in [0, 0.1) is 5.82 Å². The molecular formula is C13H8ClF3N6O. The Balaban J connectivity index is 1.95. The van der Waals surface area contributed by atoms with E-state index in [0.29, 0.717) is 9.82 Å². The van der Waals surface area contributed by atoms with Crippen LogP contribution >= 0.6 is 11.6 Å². The highest BCUT2D eigenvalue weighted by molar-refractivity contribution is 6.30. The molecule has 2 aromatic heterocycles. The normalized spacial score (nSPS) is 11.0. The van der Waals surface area contributed by atoms with Crippen molar-refractivity contribution in [1.29, 1.82) is 0 Å². The monoisotopic (exact) mass is 356 g/mol. The summed E-state index contributed by atoms with van der Waals surface area (Å²) in [4.78, 5) is 8.34. The van der Waals surface area contributed by atoms with Crippen molar-refractivity contribution in [2.75, 3.05) is 0 Å². The topological polar surface area (TPSA) is 78.6 Å². The van der Waals surface area contributed by atoms with Gasteiger partial charge in [0.1, 0.15) is 23.7 Å². The molecule has 0 spiro atoms. The first kappa shape index (κ1) is 16.1. The number of hydrogen-bond acceptors (Lipinski definition) is 6. The minimum absolute atomic E-state index is 0.00826. The van der Waals surface area contributed by atoms with Gasteiger partial charge in [-0.05, 0) is 17.3 Å². The van der Waals surface area contributed by atoms with Gasteiger partial charge in [-0.2, -0.15) is 4.80 Å². The average molecular weight is 357 g/mol. The minimum atomic E-state index is -2.66. The zero-order valence-corrected chi connectivity index (χ0v) is 12.5. The second kappa shape index (κ2) is 6.79. The molecule has 0 N–H and O–H groups in total. The van der Waals surface area contributed by atoms with Crippen molar-refractivity contribution in [2.24, 2.45) is 0 Å². The summed E-state index contributed by atoms with van der Waals surface area (Å²) in [6.45, 7) is -0.752. The van der Waals surface area contributed by atoms with Gasteiger partial charge in [0.2, 0.25) is 5.82 Å². The van der Waals surface area contributed by atoms with Gasteiger partial charge in [0.05, 0.1) is 17.4 Å². The van der Waals surface area contributed by atoms with Crippen molar-refractivity contribution in [3.63, 3.8) is 0 Å². The minimum Gasteiger partial charge on any atom is -0.423 e. The molecule has 1 aromatic carbocycles. The molecule has 0 unspecified atom stereocenters. The average Bonchev–Trinajstić information content (AvgIpc) is 2.97. The van der Waals surface area contributed by atoms with Crippen LogP contribution in [0.1, 0.15) is 0 Å². The van der Waals surface area contributed by atoms with Gasteiger partial charge in [0, 0.05) is 0 Å². The third-order valence-corrected chi connectivity index (χ3v) is 2.95. The maximum Gasteiger partial charge on any atom is 0.321 e. The number of aromatic nitrogens is 6. The summed E-state index contributed by atoms with van der Waals surface area (Å²) < 4.78 is 44.3.